The van der Waals surface area contributed by atoms with Gasteiger partial charge in [0.1, 0.15) is 6.26 Å². The van der Waals surface area contributed by atoms with Crippen molar-refractivity contribution in [2.24, 2.45) is 0 Å². The van der Waals surface area contributed by atoms with Crippen molar-refractivity contribution >= 4 is 32.7 Å². The number of carboxylic acid groups (broad SMARTS) is 1. The van der Waals surface area contributed by atoms with Crippen LogP contribution < -0.4 is 4.90 Å². The molecular formula is C17H18N4O3S. The standard InChI is InChI=1S/C17H18N4O3S/c22-16(23)13-11-24-15(18-13)10-20-6-3-7-21(9-8-20)17-19-12-4-1-2-5-14(12)25-17/h1-2,4-5,11H,3,6-10H2,(H,22,23). The number of oxazole rings is 1. The molecule has 1 N–H and O–H groups in total. The number of aromatic nitrogens is 2. The second-order valence-electron chi connectivity index (χ2n) is 6.01. The average Bonchev–Trinajstić information content (AvgIpc) is 3.18. The first-order valence-corrected chi connectivity index (χ1v) is 9.01. The first-order chi connectivity index (χ1) is 12.2. The quantitative estimate of drug-likeness (QED) is 0.768. The van der Waals surface area contributed by atoms with Crippen molar-refractivity contribution in [1.29, 1.82) is 0 Å². The number of anilines is 1. The molecule has 1 aromatic carbocycles. The summed E-state index contributed by atoms with van der Waals surface area (Å²) >= 11 is 1.72. The number of hydrogen-bond donors (Lipinski definition) is 1. The maximum absolute atomic E-state index is 10.9. The van der Waals surface area contributed by atoms with Crippen LogP contribution in [0.15, 0.2) is 34.9 Å². The molecule has 0 radical (unpaired) electrons. The molecule has 1 saturated heterocycles. The minimum absolute atomic E-state index is 0.0408. The van der Waals surface area contributed by atoms with Gasteiger partial charge in [0.05, 0.1) is 16.8 Å². The van der Waals surface area contributed by atoms with E-state index in [1.165, 1.54) is 11.0 Å². The Kier molecular flexibility index (Phi) is 4.37. The Balaban J connectivity index is 1.41. The monoisotopic (exact) mass is 358 g/mol. The van der Waals surface area contributed by atoms with Crippen LogP contribution in [0.3, 0.4) is 0 Å². The third kappa shape index (κ3) is 3.49. The topological polar surface area (TPSA) is 82.7 Å². The summed E-state index contributed by atoms with van der Waals surface area (Å²) in [4.78, 5) is 24.2. The van der Waals surface area contributed by atoms with E-state index in [4.69, 9.17) is 14.5 Å². The number of thiazole rings is 1. The molecule has 1 aliphatic rings. The third-order valence-corrected chi connectivity index (χ3v) is 5.37. The van der Waals surface area contributed by atoms with Crippen LogP contribution in [0.5, 0.6) is 0 Å². The van der Waals surface area contributed by atoms with Gasteiger partial charge in [0.15, 0.2) is 10.8 Å². The lowest BCUT2D eigenvalue weighted by molar-refractivity contribution is 0.0690. The SMILES string of the molecule is O=C(O)c1coc(CN2CCCN(c3nc4ccccc4s3)CC2)n1. The summed E-state index contributed by atoms with van der Waals surface area (Å²) in [6, 6.07) is 8.19. The maximum atomic E-state index is 10.9. The molecule has 3 heterocycles. The molecule has 3 aromatic rings. The van der Waals surface area contributed by atoms with Gasteiger partial charge in [0.25, 0.3) is 0 Å². The molecule has 0 saturated carbocycles. The van der Waals surface area contributed by atoms with E-state index in [-0.39, 0.29) is 5.69 Å². The van der Waals surface area contributed by atoms with E-state index in [2.05, 4.69) is 20.9 Å². The van der Waals surface area contributed by atoms with E-state index in [0.717, 1.165) is 43.2 Å². The molecule has 1 fully saturated rings. The van der Waals surface area contributed by atoms with E-state index in [0.29, 0.717) is 12.4 Å². The van der Waals surface area contributed by atoms with Gasteiger partial charge in [0.2, 0.25) is 5.89 Å². The molecule has 7 nitrogen and oxygen atoms in total. The molecule has 8 heteroatoms. The van der Waals surface area contributed by atoms with Crippen LogP contribution in [-0.4, -0.2) is 52.1 Å². The van der Waals surface area contributed by atoms with Crippen molar-refractivity contribution in [1.82, 2.24) is 14.9 Å². The lowest BCUT2D eigenvalue weighted by Crippen LogP contribution is -2.30. The van der Waals surface area contributed by atoms with Crippen molar-refractivity contribution in [3.05, 3.63) is 42.1 Å². The summed E-state index contributed by atoms with van der Waals surface area (Å²) in [5, 5.41) is 9.98. The number of carbonyl (C=O) groups is 1. The Bertz CT molecular complexity index is 858. The molecular weight excluding hydrogens is 340 g/mol. The lowest BCUT2D eigenvalue weighted by Gasteiger charge is -2.20. The molecule has 0 aliphatic carbocycles. The van der Waals surface area contributed by atoms with Crippen molar-refractivity contribution in [3.63, 3.8) is 0 Å². The van der Waals surface area contributed by atoms with Crippen LogP contribution in [0, 0.1) is 0 Å². The lowest BCUT2D eigenvalue weighted by atomic mass is 10.3. The van der Waals surface area contributed by atoms with Gasteiger partial charge in [-0.15, -0.1) is 0 Å². The van der Waals surface area contributed by atoms with Crippen LogP contribution in [0.1, 0.15) is 22.8 Å². The summed E-state index contributed by atoms with van der Waals surface area (Å²) in [5.41, 5.74) is 1.01. The predicted octanol–water partition coefficient (Wildman–Crippen LogP) is 2.69. The van der Waals surface area contributed by atoms with Crippen LogP contribution in [0.25, 0.3) is 10.2 Å². The van der Waals surface area contributed by atoms with Crippen LogP contribution in [0.2, 0.25) is 0 Å². The smallest absolute Gasteiger partial charge is 0.357 e. The second-order valence-corrected chi connectivity index (χ2v) is 7.02. The predicted molar refractivity (Wildman–Crippen MR) is 95.2 cm³/mol. The summed E-state index contributed by atoms with van der Waals surface area (Å²) in [6.45, 7) is 4.16. The van der Waals surface area contributed by atoms with Crippen LogP contribution in [-0.2, 0) is 6.54 Å². The minimum Gasteiger partial charge on any atom is -0.476 e. The van der Waals surface area contributed by atoms with Crippen molar-refractivity contribution in [2.75, 3.05) is 31.1 Å². The van der Waals surface area contributed by atoms with E-state index in [1.807, 2.05) is 18.2 Å². The average molecular weight is 358 g/mol. The summed E-state index contributed by atoms with van der Waals surface area (Å²) in [7, 11) is 0. The minimum atomic E-state index is -1.06. The van der Waals surface area contributed by atoms with Gasteiger partial charge >= 0.3 is 5.97 Å². The highest BCUT2D eigenvalue weighted by Crippen LogP contribution is 2.29. The molecule has 130 valence electrons. The van der Waals surface area contributed by atoms with Crippen LogP contribution >= 0.6 is 11.3 Å². The number of rotatable bonds is 4. The molecule has 0 unspecified atom stereocenters. The van der Waals surface area contributed by atoms with E-state index < -0.39 is 5.97 Å². The van der Waals surface area contributed by atoms with Gasteiger partial charge in [-0.25, -0.2) is 14.8 Å². The zero-order chi connectivity index (χ0) is 17.2. The highest BCUT2D eigenvalue weighted by Gasteiger charge is 2.20. The Morgan fingerprint density at radius 3 is 2.88 bits per heavy atom. The Morgan fingerprint density at radius 1 is 1.20 bits per heavy atom. The highest BCUT2D eigenvalue weighted by molar-refractivity contribution is 7.22. The zero-order valence-electron chi connectivity index (χ0n) is 13.6. The molecule has 0 spiro atoms. The Hall–Kier alpha value is -2.45. The first kappa shape index (κ1) is 16.0. The van der Waals surface area contributed by atoms with Gasteiger partial charge in [-0.05, 0) is 18.6 Å². The molecule has 2 aromatic heterocycles. The number of fused-ring (bicyclic) bond motifs is 1. The number of benzene rings is 1. The summed E-state index contributed by atoms with van der Waals surface area (Å²) in [5.74, 6) is -0.612. The number of para-hydroxylation sites is 1. The fourth-order valence-corrected chi connectivity index (χ4v) is 4.01. The summed E-state index contributed by atoms with van der Waals surface area (Å²) in [6.07, 6.45) is 2.21. The third-order valence-electron chi connectivity index (χ3n) is 4.27. The Labute approximate surface area is 148 Å². The molecule has 0 amide bonds. The normalized spacial score (nSPS) is 16.2. The second kappa shape index (κ2) is 6.81. The number of aromatic carboxylic acids is 1. The number of hydrogen-bond acceptors (Lipinski definition) is 7. The highest BCUT2D eigenvalue weighted by atomic mass is 32.1. The van der Waals surface area contributed by atoms with Gasteiger partial charge in [-0.2, -0.15) is 0 Å². The molecule has 0 atom stereocenters. The largest absolute Gasteiger partial charge is 0.476 e. The zero-order valence-corrected chi connectivity index (χ0v) is 14.4. The fraction of sp³-hybridized carbons (Fsp3) is 0.353. The molecule has 25 heavy (non-hydrogen) atoms. The molecule has 4 rings (SSSR count). The fourth-order valence-electron chi connectivity index (χ4n) is 2.99. The number of carboxylic acids is 1. The van der Waals surface area contributed by atoms with Gasteiger partial charge in [0, 0.05) is 26.2 Å². The van der Waals surface area contributed by atoms with E-state index in [9.17, 15) is 4.79 Å². The molecule has 1 aliphatic heterocycles. The van der Waals surface area contributed by atoms with Gasteiger partial charge in [-0.1, -0.05) is 23.5 Å². The molecule has 0 bridgehead atoms. The van der Waals surface area contributed by atoms with Crippen molar-refractivity contribution in [2.45, 2.75) is 13.0 Å². The van der Waals surface area contributed by atoms with Crippen molar-refractivity contribution in [3.8, 4) is 0 Å². The van der Waals surface area contributed by atoms with E-state index >= 15 is 0 Å². The van der Waals surface area contributed by atoms with Gasteiger partial charge in [-0.3, -0.25) is 4.90 Å². The van der Waals surface area contributed by atoms with Crippen molar-refractivity contribution < 1.29 is 14.3 Å². The van der Waals surface area contributed by atoms with E-state index in [1.54, 1.807) is 11.3 Å². The van der Waals surface area contributed by atoms with Gasteiger partial charge < -0.3 is 14.4 Å². The van der Waals surface area contributed by atoms with Crippen LogP contribution in [0.4, 0.5) is 5.13 Å². The Morgan fingerprint density at radius 2 is 2.08 bits per heavy atom. The maximum Gasteiger partial charge on any atom is 0.357 e. The summed E-state index contributed by atoms with van der Waals surface area (Å²) < 4.78 is 6.47. The first-order valence-electron chi connectivity index (χ1n) is 8.19. The number of nitrogens with zero attached hydrogens (tertiary/aromatic N) is 4.